The Morgan fingerprint density at radius 1 is 1.20 bits per heavy atom. The molecule has 2 aromatic rings. The largest absolute Gasteiger partial charge is 0.326 e. The van der Waals surface area contributed by atoms with Crippen molar-refractivity contribution in [3.63, 3.8) is 0 Å². The zero-order valence-corrected chi connectivity index (χ0v) is 16.4. The number of benzene rings is 2. The van der Waals surface area contributed by atoms with Crippen LogP contribution in [0.25, 0.3) is 0 Å². The lowest BCUT2D eigenvalue weighted by Gasteiger charge is -2.15. The Hall–Kier alpha value is -1.77. The average Bonchev–Trinajstić information content (AvgIpc) is 2.52. The Labute approximate surface area is 155 Å². The highest BCUT2D eigenvalue weighted by atomic mass is 79.9. The molecule has 134 valence electrons. The predicted molar refractivity (Wildman–Crippen MR) is 98.5 cm³/mol. The first-order chi connectivity index (χ1) is 11.6. The van der Waals surface area contributed by atoms with Crippen LogP contribution in [0, 0.1) is 12.7 Å². The van der Waals surface area contributed by atoms with Gasteiger partial charge >= 0.3 is 0 Å². The molecule has 1 N–H and O–H groups in total. The van der Waals surface area contributed by atoms with Gasteiger partial charge in [-0.1, -0.05) is 12.1 Å². The van der Waals surface area contributed by atoms with Crippen molar-refractivity contribution in [2.45, 2.75) is 18.2 Å². The third-order valence-electron chi connectivity index (χ3n) is 3.58. The van der Waals surface area contributed by atoms with Gasteiger partial charge in [-0.05, 0) is 58.2 Å². The standard InChI is InChI=1S/C17H18BrFN2O3S/c1-11-4-6-13(10-16(11)25(23,24)21(2)3)20-17(22)9-12-5-7-15(19)14(18)8-12/h4-8,10H,9H2,1-3H3,(H,20,22). The monoisotopic (exact) mass is 428 g/mol. The quantitative estimate of drug-likeness (QED) is 0.793. The summed E-state index contributed by atoms with van der Waals surface area (Å²) >= 11 is 3.08. The number of nitrogens with one attached hydrogen (secondary N) is 1. The summed E-state index contributed by atoms with van der Waals surface area (Å²) in [6, 6.07) is 9.05. The maximum atomic E-state index is 13.2. The van der Waals surface area contributed by atoms with Crippen LogP contribution >= 0.6 is 15.9 Å². The van der Waals surface area contributed by atoms with E-state index in [2.05, 4.69) is 21.2 Å². The zero-order valence-electron chi connectivity index (χ0n) is 14.0. The highest BCUT2D eigenvalue weighted by molar-refractivity contribution is 9.10. The maximum absolute atomic E-state index is 13.2. The lowest BCUT2D eigenvalue weighted by Crippen LogP contribution is -2.23. The normalized spacial score (nSPS) is 11.6. The summed E-state index contributed by atoms with van der Waals surface area (Å²) in [5.41, 5.74) is 1.62. The van der Waals surface area contributed by atoms with Gasteiger partial charge in [0.25, 0.3) is 0 Å². The van der Waals surface area contributed by atoms with Crippen LogP contribution in [0.15, 0.2) is 45.8 Å². The lowest BCUT2D eigenvalue weighted by molar-refractivity contribution is -0.115. The Balaban J connectivity index is 2.20. The summed E-state index contributed by atoms with van der Waals surface area (Å²) in [4.78, 5) is 12.3. The van der Waals surface area contributed by atoms with Gasteiger partial charge in [-0.3, -0.25) is 4.79 Å². The first kappa shape index (κ1) is 19.6. The second-order valence-electron chi connectivity index (χ2n) is 5.74. The Morgan fingerprint density at radius 2 is 1.88 bits per heavy atom. The van der Waals surface area contributed by atoms with Crippen molar-refractivity contribution in [2.24, 2.45) is 0 Å². The first-order valence-electron chi connectivity index (χ1n) is 7.38. The van der Waals surface area contributed by atoms with Gasteiger partial charge in [0, 0.05) is 19.8 Å². The van der Waals surface area contributed by atoms with Gasteiger partial charge < -0.3 is 5.32 Å². The van der Waals surface area contributed by atoms with Crippen LogP contribution in [-0.2, 0) is 21.2 Å². The van der Waals surface area contributed by atoms with Gasteiger partial charge in [-0.25, -0.2) is 17.1 Å². The van der Waals surface area contributed by atoms with Gasteiger partial charge in [0.1, 0.15) is 5.82 Å². The van der Waals surface area contributed by atoms with Crippen molar-refractivity contribution < 1.29 is 17.6 Å². The van der Waals surface area contributed by atoms with Crippen LogP contribution in [0.3, 0.4) is 0 Å². The van der Waals surface area contributed by atoms with E-state index in [1.54, 1.807) is 19.1 Å². The number of carbonyl (C=O) groups excluding carboxylic acids is 1. The second-order valence-corrected chi connectivity index (χ2v) is 8.72. The number of halogens is 2. The van der Waals surface area contributed by atoms with Crippen molar-refractivity contribution in [3.05, 3.63) is 57.8 Å². The average molecular weight is 429 g/mol. The minimum atomic E-state index is -3.60. The van der Waals surface area contributed by atoms with Crippen LogP contribution in [0.5, 0.6) is 0 Å². The molecular weight excluding hydrogens is 411 g/mol. The Morgan fingerprint density at radius 3 is 2.48 bits per heavy atom. The summed E-state index contributed by atoms with van der Waals surface area (Å²) < 4.78 is 39.3. The van der Waals surface area contributed by atoms with Gasteiger partial charge in [-0.15, -0.1) is 0 Å². The zero-order chi connectivity index (χ0) is 18.8. The fraction of sp³-hybridized carbons (Fsp3) is 0.235. The molecule has 0 aliphatic heterocycles. The molecule has 0 saturated heterocycles. The molecular formula is C17H18BrFN2O3S. The molecule has 8 heteroatoms. The first-order valence-corrected chi connectivity index (χ1v) is 9.61. The fourth-order valence-electron chi connectivity index (χ4n) is 2.19. The summed E-state index contributed by atoms with van der Waals surface area (Å²) in [7, 11) is -0.699. The Kier molecular flexibility index (Phi) is 5.97. The minimum absolute atomic E-state index is 0.0442. The molecule has 2 aromatic carbocycles. The number of hydrogen-bond acceptors (Lipinski definition) is 3. The van der Waals surface area contributed by atoms with Crippen LogP contribution in [0.2, 0.25) is 0 Å². The smallest absolute Gasteiger partial charge is 0.242 e. The van der Waals surface area contributed by atoms with E-state index in [1.807, 2.05) is 0 Å². The summed E-state index contributed by atoms with van der Waals surface area (Å²) in [6.45, 7) is 1.69. The molecule has 0 unspecified atom stereocenters. The second kappa shape index (κ2) is 7.63. The van der Waals surface area contributed by atoms with E-state index in [1.165, 1.54) is 38.4 Å². The molecule has 0 bridgehead atoms. The number of rotatable bonds is 5. The number of sulfonamides is 1. The van der Waals surface area contributed by atoms with E-state index in [9.17, 15) is 17.6 Å². The van der Waals surface area contributed by atoms with Crippen LogP contribution in [0.4, 0.5) is 10.1 Å². The third kappa shape index (κ3) is 4.65. The fourth-order valence-corrected chi connectivity index (χ4v) is 3.76. The SMILES string of the molecule is Cc1ccc(NC(=O)Cc2ccc(F)c(Br)c2)cc1S(=O)(=O)N(C)C. The minimum Gasteiger partial charge on any atom is -0.326 e. The van der Waals surface area contributed by atoms with Crippen molar-refractivity contribution in [1.29, 1.82) is 0 Å². The van der Waals surface area contributed by atoms with Gasteiger partial charge in [-0.2, -0.15) is 0 Å². The Bertz CT molecular complexity index is 914. The molecule has 0 radical (unpaired) electrons. The molecule has 5 nitrogen and oxygen atoms in total. The predicted octanol–water partition coefficient (Wildman–Crippen LogP) is 3.33. The summed E-state index contributed by atoms with van der Waals surface area (Å²) in [5, 5.41) is 2.67. The molecule has 2 rings (SSSR count). The van der Waals surface area contributed by atoms with E-state index in [0.29, 0.717) is 16.8 Å². The number of amides is 1. The molecule has 0 fully saturated rings. The number of nitrogens with zero attached hydrogens (tertiary/aromatic N) is 1. The molecule has 0 aliphatic rings. The van der Waals surface area contributed by atoms with Crippen LogP contribution in [-0.4, -0.2) is 32.7 Å². The highest BCUT2D eigenvalue weighted by Crippen LogP contribution is 2.23. The number of hydrogen-bond donors (Lipinski definition) is 1. The molecule has 0 aromatic heterocycles. The molecule has 0 aliphatic carbocycles. The lowest BCUT2D eigenvalue weighted by atomic mass is 10.1. The van der Waals surface area contributed by atoms with Gasteiger partial charge in [0.15, 0.2) is 0 Å². The molecule has 0 atom stereocenters. The van der Waals surface area contributed by atoms with Gasteiger partial charge in [0.05, 0.1) is 15.8 Å². The van der Waals surface area contributed by atoms with Crippen LogP contribution in [0.1, 0.15) is 11.1 Å². The van der Waals surface area contributed by atoms with Crippen LogP contribution < -0.4 is 5.32 Å². The third-order valence-corrected chi connectivity index (χ3v) is 6.14. The number of anilines is 1. The maximum Gasteiger partial charge on any atom is 0.242 e. The van der Waals surface area contributed by atoms with Crippen molar-refractivity contribution >= 4 is 37.5 Å². The highest BCUT2D eigenvalue weighted by Gasteiger charge is 2.20. The number of carbonyl (C=O) groups is 1. The molecule has 1 amide bonds. The van der Waals surface area contributed by atoms with E-state index in [-0.39, 0.29) is 21.7 Å². The topological polar surface area (TPSA) is 66.5 Å². The van der Waals surface area contributed by atoms with E-state index in [0.717, 1.165) is 4.31 Å². The van der Waals surface area contributed by atoms with Crippen molar-refractivity contribution in [1.82, 2.24) is 4.31 Å². The van der Waals surface area contributed by atoms with Crippen molar-refractivity contribution in [2.75, 3.05) is 19.4 Å². The number of aryl methyl sites for hydroxylation is 1. The summed E-state index contributed by atoms with van der Waals surface area (Å²) in [6.07, 6.45) is 0.0442. The van der Waals surface area contributed by atoms with Crippen molar-refractivity contribution in [3.8, 4) is 0 Å². The van der Waals surface area contributed by atoms with E-state index >= 15 is 0 Å². The molecule has 0 spiro atoms. The van der Waals surface area contributed by atoms with E-state index in [4.69, 9.17) is 0 Å². The summed E-state index contributed by atoms with van der Waals surface area (Å²) in [5.74, 6) is -0.725. The molecule has 0 heterocycles. The van der Waals surface area contributed by atoms with Gasteiger partial charge in [0.2, 0.25) is 15.9 Å². The molecule has 0 saturated carbocycles. The van der Waals surface area contributed by atoms with E-state index < -0.39 is 15.8 Å². The molecule has 25 heavy (non-hydrogen) atoms.